The van der Waals surface area contributed by atoms with Gasteiger partial charge >= 0.3 is 0 Å². The van der Waals surface area contributed by atoms with Crippen LogP contribution in [0.2, 0.25) is 0 Å². The number of hydrogen-bond donors (Lipinski definition) is 0. The van der Waals surface area contributed by atoms with Crippen molar-refractivity contribution in [2.45, 2.75) is 19.0 Å². The molecule has 6 aromatic rings. The highest BCUT2D eigenvalue weighted by molar-refractivity contribution is 5.65. The fraction of sp³-hybridized carbons (Fsp3) is 0.0857. The summed E-state index contributed by atoms with van der Waals surface area (Å²) in [7, 11) is 0. The molecule has 0 atom stereocenters. The summed E-state index contributed by atoms with van der Waals surface area (Å²) in [5, 5.41) is 11.3. The molecule has 0 bridgehead atoms. The second-order valence-corrected chi connectivity index (χ2v) is 10.1. The van der Waals surface area contributed by atoms with Gasteiger partial charge in [0, 0.05) is 29.6 Å². The lowest BCUT2D eigenvalue weighted by Gasteiger charge is -2.38. The molecule has 206 valence electrons. The fourth-order valence-electron chi connectivity index (χ4n) is 5.72. The molecule has 0 saturated heterocycles. The maximum atomic E-state index is 13.6. The summed E-state index contributed by atoms with van der Waals surface area (Å²) in [5.41, 5.74) is 4.79. The first-order chi connectivity index (χ1) is 20.5. The molecular formula is C35H28N4O3. The molecule has 2 heterocycles. The van der Waals surface area contributed by atoms with Gasteiger partial charge in [-0.05, 0) is 41.3 Å². The lowest BCUT2D eigenvalue weighted by atomic mass is 9.76. The van der Waals surface area contributed by atoms with Crippen molar-refractivity contribution in [1.82, 2.24) is 14.1 Å². The number of rotatable bonds is 8. The Hall–Kier alpha value is -5.56. The minimum absolute atomic E-state index is 0.0593. The summed E-state index contributed by atoms with van der Waals surface area (Å²) >= 11 is 0. The number of nitro groups is 1. The summed E-state index contributed by atoms with van der Waals surface area (Å²) in [6.07, 6.45) is 3.58. The Morgan fingerprint density at radius 3 is 1.88 bits per heavy atom. The van der Waals surface area contributed by atoms with Crippen LogP contribution in [0.5, 0.6) is 0 Å². The largest absolute Gasteiger partial charge is 0.316 e. The van der Waals surface area contributed by atoms with Crippen LogP contribution in [0.25, 0.3) is 11.1 Å². The van der Waals surface area contributed by atoms with Crippen LogP contribution >= 0.6 is 0 Å². The van der Waals surface area contributed by atoms with Gasteiger partial charge in [0.2, 0.25) is 0 Å². The molecule has 7 nitrogen and oxygen atoms in total. The quantitative estimate of drug-likeness (QED) is 0.118. The number of aromatic nitrogens is 3. The van der Waals surface area contributed by atoms with Crippen molar-refractivity contribution < 1.29 is 4.92 Å². The van der Waals surface area contributed by atoms with Crippen molar-refractivity contribution in [3.05, 3.63) is 188 Å². The minimum Gasteiger partial charge on any atom is -0.316 e. The van der Waals surface area contributed by atoms with Gasteiger partial charge in [0.1, 0.15) is 5.54 Å². The Labute approximate surface area is 243 Å². The van der Waals surface area contributed by atoms with Gasteiger partial charge in [-0.1, -0.05) is 103 Å². The van der Waals surface area contributed by atoms with E-state index in [9.17, 15) is 14.9 Å². The first kappa shape index (κ1) is 26.7. The molecule has 0 unspecified atom stereocenters. The maximum absolute atomic E-state index is 13.6. The van der Waals surface area contributed by atoms with E-state index in [-0.39, 0.29) is 17.8 Å². The van der Waals surface area contributed by atoms with E-state index >= 15 is 0 Å². The number of nitro benzene ring substituents is 1. The highest BCUT2D eigenvalue weighted by atomic mass is 16.6. The van der Waals surface area contributed by atoms with Crippen LogP contribution in [0.15, 0.2) is 145 Å². The van der Waals surface area contributed by atoms with Crippen molar-refractivity contribution in [2.75, 3.05) is 0 Å². The van der Waals surface area contributed by atoms with Gasteiger partial charge in [-0.15, -0.1) is 0 Å². The van der Waals surface area contributed by atoms with E-state index < -0.39 is 10.5 Å². The van der Waals surface area contributed by atoms with E-state index in [2.05, 4.69) is 41.0 Å². The molecule has 2 aromatic heterocycles. The molecule has 0 aliphatic heterocycles. The third-order valence-electron chi connectivity index (χ3n) is 7.75. The normalized spacial score (nSPS) is 11.4. The van der Waals surface area contributed by atoms with Crippen LogP contribution in [0.3, 0.4) is 0 Å². The number of imidazole rings is 1. The predicted octanol–water partition coefficient (Wildman–Crippen LogP) is 6.82. The smallest absolute Gasteiger partial charge is 0.270 e. The fourth-order valence-corrected chi connectivity index (χ4v) is 5.72. The Morgan fingerprint density at radius 2 is 1.33 bits per heavy atom. The maximum Gasteiger partial charge on any atom is 0.270 e. The van der Waals surface area contributed by atoms with Gasteiger partial charge < -0.3 is 9.13 Å². The highest BCUT2D eigenvalue weighted by Gasteiger charge is 2.39. The standard InChI is InChI=1S/C35H28N4O3/c1-26-33(24-37-22-12-21-32(34(37)40)27-13-11-20-31(23-27)39(41)42)36-25-38(26)35(28-14-5-2-6-15-28,29-16-7-3-8-17-29)30-18-9-4-10-19-30/h2-23,25H,24H2,1H3. The zero-order valence-corrected chi connectivity index (χ0v) is 23.0. The molecule has 6 rings (SSSR count). The van der Waals surface area contributed by atoms with Crippen molar-refractivity contribution in [3.8, 4) is 11.1 Å². The van der Waals surface area contributed by atoms with Gasteiger partial charge in [0.05, 0.1) is 23.5 Å². The molecule has 42 heavy (non-hydrogen) atoms. The number of hydrogen-bond acceptors (Lipinski definition) is 4. The van der Waals surface area contributed by atoms with Crippen LogP contribution in [0.1, 0.15) is 28.1 Å². The van der Waals surface area contributed by atoms with E-state index in [1.807, 2.05) is 67.8 Å². The summed E-state index contributed by atoms with van der Waals surface area (Å²) < 4.78 is 3.79. The monoisotopic (exact) mass is 552 g/mol. The lowest BCUT2D eigenvalue weighted by molar-refractivity contribution is -0.384. The van der Waals surface area contributed by atoms with Crippen LogP contribution < -0.4 is 5.56 Å². The number of pyridine rings is 1. The van der Waals surface area contributed by atoms with Crippen molar-refractivity contribution >= 4 is 5.69 Å². The molecule has 0 N–H and O–H groups in total. The van der Waals surface area contributed by atoms with Crippen LogP contribution in [0.4, 0.5) is 5.69 Å². The number of non-ortho nitro benzene ring substituents is 1. The second kappa shape index (κ2) is 11.1. The molecular weight excluding hydrogens is 524 g/mol. The van der Waals surface area contributed by atoms with Crippen LogP contribution in [0, 0.1) is 17.0 Å². The van der Waals surface area contributed by atoms with Gasteiger partial charge in [-0.3, -0.25) is 14.9 Å². The summed E-state index contributed by atoms with van der Waals surface area (Å²) in [5.74, 6) is 0. The zero-order valence-electron chi connectivity index (χ0n) is 23.0. The van der Waals surface area contributed by atoms with E-state index in [0.29, 0.717) is 11.1 Å². The van der Waals surface area contributed by atoms with Gasteiger partial charge in [0.15, 0.2) is 0 Å². The van der Waals surface area contributed by atoms with Crippen LogP contribution in [-0.4, -0.2) is 19.0 Å². The SMILES string of the molecule is Cc1c(Cn2cccc(-c3cccc([N+](=O)[O-])c3)c2=O)ncn1C(c1ccccc1)(c1ccccc1)c1ccccc1. The first-order valence-corrected chi connectivity index (χ1v) is 13.6. The summed E-state index contributed by atoms with van der Waals surface area (Å²) in [4.78, 5) is 29.3. The summed E-state index contributed by atoms with van der Waals surface area (Å²) in [6.45, 7) is 2.27. The van der Waals surface area contributed by atoms with Gasteiger partial charge in [0.25, 0.3) is 11.2 Å². The van der Waals surface area contributed by atoms with E-state index in [0.717, 1.165) is 28.1 Å². The Balaban J connectivity index is 1.49. The number of benzene rings is 4. The molecule has 0 saturated carbocycles. The van der Waals surface area contributed by atoms with Crippen LogP contribution in [-0.2, 0) is 12.1 Å². The number of nitrogens with zero attached hydrogens (tertiary/aromatic N) is 4. The average molecular weight is 553 g/mol. The minimum atomic E-state index is -0.713. The lowest BCUT2D eigenvalue weighted by Crippen LogP contribution is -2.38. The molecule has 7 heteroatoms. The van der Waals surface area contributed by atoms with Crippen molar-refractivity contribution in [1.29, 1.82) is 0 Å². The molecule has 0 spiro atoms. The predicted molar refractivity (Wildman–Crippen MR) is 163 cm³/mol. The van der Waals surface area contributed by atoms with Gasteiger partial charge in [-0.2, -0.15) is 0 Å². The Kier molecular flexibility index (Phi) is 7.07. The van der Waals surface area contributed by atoms with Crippen molar-refractivity contribution in [3.63, 3.8) is 0 Å². The van der Waals surface area contributed by atoms with Gasteiger partial charge in [-0.25, -0.2) is 4.98 Å². The first-order valence-electron chi connectivity index (χ1n) is 13.6. The Bertz CT molecular complexity index is 1820. The average Bonchev–Trinajstić information content (AvgIpc) is 3.40. The third-order valence-corrected chi connectivity index (χ3v) is 7.75. The van der Waals surface area contributed by atoms with E-state index in [4.69, 9.17) is 4.98 Å². The van der Waals surface area contributed by atoms with E-state index in [1.165, 1.54) is 12.1 Å². The third kappa shape index (κ3) is 4.61. The molecule has 4 aromatic carbocycles. The molecule has 0 radical (unpaired) electrons. The molecule has 0 aliphatic carbocycles. The van der Waals surface area contributed by atoms with E-state index in [1.54, 1.807) is 35.0 Å². The molecule has 0 fully saturated rings. The Morgan fingerprint density at radius 1 is 0.762 bits per heavy atom. The zero-order chi connectivity index (χ0) is 29.1. The van der Waals surface area contributed by atoms with Crippen molar-refractivity contribution in [2.24, 2.45) is 0 Å². The topological polar surface area (TPSA) is 83.0 Å². The summed E-state index contributed by atoms with van der Waals surface area (Å²) in [6, 6.07) is 40.7. The molecule has 0 amide bonds. The highest BCUT2D eigenvalue weighted by Crippen LogP contribution is 2.41. The second-order valence-electron chi connectivity index (χ2n) is 10.1. The molecule has 0 aliphatic rings.